The third kappa shape index (κ3) is 9.02. The number of ether oxygens (including phenoxy) is 1. The summed E-state index contributed by atoms with van der Waals surface area (Å²) in [4.78, 5) is 15.8. The molecular weight excluding hydrogens is 549 g/mol. The molecule has 0 spiro atoms. The van der Waals surface area contributed by atoms with Gasteiger partial charge in [0.15, 0.2) is 11.7 Å². The summed E-state index contributed by atoms with van der Waals surface area (Å²) in [7, 11) is 1.70. The molecule has 2 aromatic rings. The number of nitrogens with zero attached hydrogens (tertiary/aromatic N) is 2. The Morgan fingerprint density at radius 3 is 2.45 bits per heavy atom. The molecule has 2 N–H and O–H groups in total. The van der Waals surface area contributed by atoms with Crippen LogP contribution in [0.5, 0.6) is 5.75 Å². The van der Waals surface area contributed by atoms with Gasteiger partial charge in [-0.25, -0.2) is 0 Å². The number of guanidine groups is 1. The number of unbranched alkanes of at least 4 members (excludes halogenated alkanes) is 1. The van der Waals surface area contributed by atoms with E-state index in [4.69, 9.17) is 39.5 Å². The van der Waals surface area contributed by atoms with E-state index in [2.05, 4.69) is 15.6 Å². The molecule has 0 aliphatic heterocycles. The zero-order chi connectivity index (χ0) is 20.4. The van der Waals surface area contributed by atoms with Crippen LogP contribution in [0.2, 0.25) is 15.1 Å². The van der Waals surface area contributed by atoms with Gasteiger partial charge in [-0.15, -0.1) is 24.0 Å². The van der Waals surface area contributed by atoms with E-state index in [1.807, 2.05) is 6.07 Å². The van der Waals surface area contributed by atoms with Crippen LogP contribution in [0, 0.1) is 0 Å². The molecule has 0 amide bonds. The molecule has 29 heavy (non-hydrogen) atoms. The molecule has 0 saturated heterocycles. The van der Waals surface area contributed by atoms with Gasteiger partial charge in [0.2, 0.25) is 5.56 Å². The van der Waals surface area contributed by atoms with E-state index in [9.17, 15) is 4.79 Å². The minimum atomic E-state index is 0. The van der Waals surface area contributed by atoms with Gasteiger partial charge in [0.05, 0.1) is 16.6 Å². The number of hydrogen-bond acceptors (Lipinski definition) is 3. The highest BCUT2D eigenvalue weighted by atomic mass is 127. The summed E-state index contributed by atoms with van der Waals surface area (Å²) in [5, 5.41) is 7.59. The first kappa shape index (κ1) is 25.9. The predicted octanol–water partition coefficient (Wildman–Crippen LogP) is 4.45. The van der Waals surface area contributed by atoms with Crippen molar-refractivity contribution >= 4 is 64.7 Å². The first-order valence-corrected chi connectivity index (χ1v) is 10.0. The lowest BCUT2D eigenvalue weighted by Crippen LogP contribution is -2.39. The van der Waals surface area contributed by atoms with E-state index in [0.29, 0.717) is 46.5 Å². The van der Waals surface area contributed by atoms with Crippen LogP contribution in [0.1, 0.15) is 12.8 Å². The maximum Gasteiger partial charge on any atom is 0.250 e. The van der Waals surface area contributed by atoms with Crippen LogP contribution in [0.25, 0.3) is 0 Å². The first-order valence-electron chi connectivity index (χ1n) is 8.88. The van der Waals surface area contributed by atoms with Crippen LogP contribution < -0.4 is 20.9 Å². The molecule has 1 aromatic heterocycles. The maximum absolute atomic E-state index is 11.6. The Kier molecular flexibility index (Phi) is 12.4. The van der Waals surface area contributed by atoms with Crippen LogP contribution in [0.3, 0.4) is 0 Å². The summed E-state index contributed by atoms with van der Waals surface area (Å²) in [6.07, 6.45) is 3.61. The standard InChI is InChI=1S/C19H23Cl3N4O2.HI/c1-23-19(24-7-3-5-10-26-9-4-2-6-17(26)27)25-8-11-28-18-15(21)12-14(20)13-16(18)22;/h2,4,6,9,12-13H,3,5,7-8,10-11H2,1H3,(H2,23,24,25);1H. The highest BCUT2D eigenvalue weighted by Gasteiger charge is 2.09. The molecule has 1 aromatic carbocycles. The van der Waals surface area contributed by atoms with E-state index in [1.165, 1.54) is 0 Å². The maximum atomic E-state index is 11.6. The number of aryl methyl sites for hydroxylation is 1. The van der Waals surface area contributed by atoms with Gasteiger partial charge >= 0.3 is 0 Å². The van der Waals surface area contributed by atoms with E-state index in [0.717, 1.165) is 19.4 Å². The smallest absolute Gasteiger partial charge is 0.250 e. The van der Waals surface area contributed by atoms with Gasteiger partial charge in [-0.3, -0.25) is 9.79 Å². The van der Waals surface area contributed by atoms with Crippen molar-refractivity contribution in [2.45, 2.75) is 19.4 Å². The van der Waals surface area contributed by atoms with Gasteiger partial charge in [0, 0.05) is 37.4 Å². The zero-order valence-corrected chi connectivity index (χ0v) is 20.6. The molecule has 0 unspecified atom stereocenters. The molecule has 0 aliphatic carbocycles. The summed E-state index contributed by atoms with van der Waals surface area (Å²) in [5.41, 5.74) is 0.0221. The second-order valence-corrected chi connectivity index (χ2v) is 7.16. The summed E-state index contributed by atoms with van der Waals surface area (Å²) in [6.45, 7) is 2.33. The van der Waals surface area contributed by atoms with E-state index >= 15 is 0 Å². The van der Waals surface area contributed by atoms with Crippen molar-refractivity contribution in [1.29, 1.82) is 0 Å². The largest absolute Gasteiger partial charge is 0.489 e. The van der Waals surface area contributed by atoms with E-state index < -0.39 is 0 Å². The molecule has 0 radical (unpaired) electrons. The van der Waals surface area contributed by atoms with Crippen molar-refractivity contribution in [3.8, 4) is 5.75 Å². The average molecular weight is 574 g/mol. The summed E-state index contributed by atoms with van der Waals surface area (Å²) in [6, 6.07) is 8.34. The fraction of sp³-hybridized carbons (Fsp3) is 0.368. The number of hydrogen-bond donors (Lipinski definition) is 2. The number of aromatic nitrogens is 1. The summed E-state index contributed by atoms with van der Waals surface area (Å²) in [5.74, 6) is 1.09. The van der Waals surface area contributed by atoms with Gasteiger partial charge in [-0.1, -0.05) is 40.9 Å². The van der Waals surface area contributed by atoms with Crippen molar-refractivity contribution in [1.82, 2.24) is 15.2 Å². The minimum absolute atomic E-state index is 0. The van der Waals surface area contributed by atoms with Crippen LogP contribution in [0.4, 0.5) is 0 Å². The molecule has 1 heterocycles. The van der Waals surface area contributed by atoms with Crippen molar-refractivity contribution in [3.05, 3.63) is 62.0 Å². The lowest BCUT2D eigenvalue weighted by Gasteiger charge is -2.14. The highest BCUT2D eigenvalue weighted by molar-refractivity contribution is 14.0. The van der Waals surface area contributed by atoms with Gasteiger partial charge in [0.1, 0.15) is 6.61 Å². The Bertz CT molecular complexity index is 838. The molecule has 160 valence electrons. The van der Waals surface area contributed by atoms with E-state index in [1.54, 1.807) is 42.1 Å². The van der Waals surface area contributed by atoms with Crippen molar-refractivity contribution in [2.24, 2.45) is 4.99 Å². The molecule has 6 nitrogen and oxygen atoms in total. The van der Waals surface area contributed by atoms with Crippen molar-refractivity contribution < 1.29 is 4.74 Å². The Labute approximate surface area is 202 Å². The minimum Gasteiger partial charge on any atom is -0.489 e. The molecule has 0 fully saturated rings. The normalized spacial score (nSPS) is 11.0. The van der Waals surface area contributed by atoms with Crippen LogP contribution >= 0.6 is 58.8 Å². The summed E-state index contributed by atoms with van der Waals surface area (Å²) >= 11 is 18.0. The van der Waals surface area contributed by atoms with E-state index in [-0.39, 0.29) is 29.5 Å². The number of benzene rings is 1. The summed E-state index contributed by atoms with van der Waals surface area (Å²) < 4.78 is 7.33. The topological polar surface area (TPSA) is 67.7 Å². The Hall–Kier alpha value is -1.16. The number of rotatable bonds is 9. The van der Waals surface area contributed by atoms with Gasteiger partial charge in [-0.05, 0) is 31.0 Å². The number of halogens is 4. The Balaban J connectivity index is 0.00000420. The Morgan fingerprint density at radius 2 is 1.79 bits per heavy atom. The third-order valence-electron chi connectivity index (χ3n) is 3.84. The average Bonchev–Trinajstić information content (AvgIpc) is 2.66. The first-order chi connectivity index (χ1) is 13.5. The lowest BCUT2D eigenvalue weighted by atomic mass is 10.3. The monoisotopic (exact) mass is 572 g/mol. The fourth-order valence-electron chi connectivity index (χ4n) is 2.47. The number of pyridine rings is 1. The third-order valence-corrected chi connectivity index (χ3v) is 4.62. The van der Waals surface area contributed by atoms with Crippen LogP contribution in [-0.2, 0) is 6.54 Å². The van der Waals surface area contributed by atoms with Crippen LogP contribution in [0.15, 0.2) is 46.3 Å². The van der Waals surface area contributed by atoms with Gasteiger partial charge in [-0.2, -0.15) is 0 Å². The van der Waals surface area contributed by atoms with Gasteiger partial charge < -0.3 is 19.9 Å². The van der Waals surface area contributed by atoms with Crippen molar-refractivity contribution in [3.63, 3.8) is 0 Å². The molecule has 0 atom stereocenters. The van der Waals surface area contributed by atoms with Crippen molar-refractivity contribution in [2.75, 3.05) is 26.7 Å². The highest BCUT2D eigenvalue weighted by Crippen LogP contribution is 2.35. The zero-order valence-electron chi connectivity index (χ0n) is 16.0. The predicted molar refractivity (Wildman–Crippen MR) is 132 cm³/mol. The molecular formula is C19H24Cl3IN4O2. The second-order valence-electron chi connectivity index (χ2n) is 5.91. The fourth-order valence-corrected chi connectivity index (χ4v) is 3.40. The number of aliphatic imine (C=N–C) groups is 1. The lowest BCUT2D eigenvalue weighted by molar-refractivity contribution is 0.322. The molecule has 2 rings (SSSR count). The molecule has 0 saturated carbocycles. The molecule has 10 heteroatoms. The quantitative estimate of drug-likeness (QED) is 0.201. The number of nitrogens with one attached hydrogen (secondary N) is 2. The van der Waals surface area contributed by atoms with Crippen LogP contribution in [-0.4, -0.2) is 37.3 Å². The Morgan fingerprint density at radius 1 is 1.10 bits per heavy atom. The second kappa shape index (κ2) is 14.0. The SMILES string of the molecule is CN=C(NCCCCn1ccccc1=O)NCCOc1c(Cl)cc(Cl)cc1Cl.I. The molecule has 0 bridgehead atoms. The van der Waals surface area contributed by atoms with Gasteiger partial charge in [0.25, 0.3) is 0 Å². The molecule has 0 aliphatic rings.